The lowest BCUT2D eigenvalue weighted by Gasteiger charge is -2.09. The van der Waals surface area contributed by atoms with E-state index in [1.165, 1.54) is 11.8 Å². The lowest BCUT2D eigenvalue weighted by molar-refractivity contribution is 0.602. The van der Waals surface area contributed by atoms with E-state index in [4.69, 9.17) is 0 Å². The SMILES string of the molecule is Cc1ccccc1NS(=O)(=O)CCSc1nc2ccccc2s1. The van der Waals surface area contributed by atoms with Gasteiger partial charge in [-0.15, -0.1) is 11.3 Å². The summed E-state index contributed by atoms with van der Waals surface area (Å²) in [6, 6.07) is 15.3. The van der Waals surface area contributed by atoms with E-state index in [1.54, 1.807) is 17.4 Å². The van der Waals surface area contributed by atoms with Crippen molar-refractivity contribution in [2.75, 3.05) is 16.2 Å². The lowest BCUT2D eigenvalue weighted by Crippen LogP contribution is -2.18. The predicted octanol–water partition coefficient (Wildman–Crippen LogP) is 4.14. The lowest BCUT2D eigenvalue weighted by atomic mass is 10.2. The van der Waals surface area contributed by atoms with Gasteiger partial charge < -0.3 is 0 Å². The number of sulfonamides is 1. The normalized spacial score (nSPS) is 11.7. The minimum absolute atomic E-state index is 0.0575. The van der Waals surface area contributed by atoms with Gasteiger partial charge in [0.25, 0.3) is 0 Å². The highest BCUT2D eigenvalue weighted by atomic mass is 32.2. The maximum atomic E-state index is 12.2. The second kappa shape index (κ2) is 6.90. The van der Waals surface area contributed by atoms with Crippen LogP contribution in [0, 0.1) is 6.92 Å². The zero-order valence-corrected chi connectivity index (χ0v) is 15.0. The van der Waals surface area contributed by atoms with E-state index in [0.717, 1.165) is 20.1 Å². The monoisotopic (exact) mass is 364 g/mol. The number of nitrogens with one attached hydrogen (secondary N) is 1. The summed E-state index contributed by atoms with van der Waals surface area (Å²) in [6.45, 7) is 1.88. The van der Waals surface area contributed by atoms with Crippen LogP contribution >= 0.6 is 23.1 Å². The van der Waals surface area contributed by atoms with Crippen LogP contribution in [0.2, 0.25) is 0 Å². The average Bonchev–Trinajstić information content (AvgIpc) is 2.92. The third-order valence-corrected chi connectivity index (χ3v) is 6.97. The Morgan fingerprint density at radius 2 is 1.87 bits per heavy atom. The fourth-order valence-corrected chi connectivity index (χ4v) is 5.72. The molecule has 0 aliphatic heterocycles. The molecule has 0 radical (unpaired) electrons. The number of nitrogens with zero attached hydrogens (tertiary/aromatic N) is 1. The van der Waals surface area contributed by atoms with Gasteiger partial charge in [0, 0.05) is 5.75 Å². The van der Waals surface area contributed by atoms with Gasteiger partial charge in [-0.2, -0.15) is 0 Å². The molecular weight excluding hydrogens is 348 g/mol. The van der Waals surface area contributed by atoms with E-state index >= 15 is 0 Å². The largest absolute Gasteiger partial charge is 0.283 e. The van der Waals surface area contributed by atoms with Crippen molar-refractivity contribution in [1.82, 2.24) is 4.98 Å². The molecule has 120 valence electrons. The van der Waals surface area contributed by atoms with Crippen molar-refractivity contribution >= 4 is 49.0 Å². The number of thioether (sulfide) groups is 1. The minimum atomic E-state index is -3.35. The maximum Gasteiger partial charge on any atom is 0.233 e. The first-order valence-electron chi connectivity index (χ1n) is 7.08. The molecule has 2 aromatic carbocycles. The minimum Gasteiger partial charge on any atom is -0.283 e. The number of hydrogen-bond donors (Lipinski definition) is 1. The van der Waals surface area contributed by atoms with Crippen LogP contribution in [0.5, 0.6) is 0 Å². The van der Waals surface area contributed by atoms with Gasteiger partial charge in [0.1, 0.15) is 0 Å². The van der Waals surface area contributed by atoms with Crippen LogP contribution < -0.4 is 4.72 Å². The first-order valence-corrected chi connectivity index (χ1v) is 10.5. The zero-order chi connectivity index (χ0) is 16.3. The molecule has 1 aromatic heterocycles. The fraction of sp³-hybridized carbons (Fsp3) is 0.188. The molecule has 0 amide bonds. The summed E-state index contributed by atoms with van der Waals surface area (Å²) in [4.78, 5) is 4.50. The van der Waals surface area contributed by atoms with Crippen molar-refractivity contribution in [3.05, 3.63) is 54.1 Å². The van der Waals surface area contributed by atoms with Crippen LogP contribution in [0.25, 0.3) is 10.2 Å². The maximum absolute atomic E-state index is 12.2. The van der Waals surface area contributed by atoms with Crippen LogP contribution in [-0.4, -0.2) is 24.9 Å². The van der Waals surface area contributed by atoms with Crippen LogP contribution in [0.3, 0.4) is 0 Å². The first-order chi connectivity index (χ1) is 11.0. The Morgan fingerprint density at radius 3 is 2.65 bits per heavy atom. The molecule has 0 aliphatic carbocycles. The van der Waals surface area contributed by atoms with Gasteiger partial charge in [0.05, 0.1) is 21.7 Å². The Hall–Kier alpha value is -1.57. The predicted molar refractivity (Wildman–Crippen MR) is 98.9 cm³/mol. The highest BCUT2D eigenvalue weighted by molar-refractivity contribution is 8.02. The number of aromatic nitrogens is 1. The molecule has 3 aromatic rings. The highest BCUT2D eigenvalue weighted by Gasteiger charge is 2.12. The molecule has 0 fully saturated rings. The molecule has 3 rings (SSSR count). The Balaban J connectivity index is 1.60. The molecule has 0 aliphatic rings. The number of hydrogen-bond acceptors (Lipinski definition) is 5. The fourth-order valence-electron chi connectivity index (χ4n) is 2.06. The number of anilines is 1. The van der Waals surface area contributed by atoms with Crippen molar-refractivity contribution in [3.63, 3.8) is 0 Å². The van der Waals surface area contributed by atoms with Gasteiger partial charge in [-0.1, -0.05) is 42.1 Å². The van der Waals surface area contributed by atoms with Gasteiger partial charge >= 0.3 is 0 Å². The number of thiazole rings is 1. The molecule has 4 nitrogen and oxygen atoms in total. The van der Waals surface area contributed by atoms with Crippen molar-refractivity contribution in [1.29, 1.82) is 0 Å². The summed E-state index contributed by atoms with van der Waals surface area (Å²) < 4.78 is 29.0. The molecule has 7 heteroatoms. The number of fused-ring (bicyclic) bond motifs is 1. The third-order valence-electron chi connectivity index (χ3n) is 3.26. The van der Waals surface area contributed by atoms with Crippen molar-refractivity contribution in [3.8, 4) is 0 Å². The summed E-state index contributed by atoms with van der Waals surface area (Å²) >= 11 is 3.07. The van der Waals surface area contributed by atoms with Crippen molar-refractivity contribution in [2.45, 2.75) is 11.3 Å². The zero-order valence-electron chi connectivity index (χ0n) is 12.5. The summed E-state index contributed by atoms with van der Waals surface area (Å²) in [7, 11) is -3.35. The highest BCUT2D eigenvalue weighted by Crippen LogP contribution is 2.29. The van der Waals surface area contributed by atoms with E-state index in [9.17, 15) is 8.42 Å². The molecule has 1 N–H and O–H groups in total. The average molecular weight is 365 g/mol. The van der Waals surface area contributed by atoms with E-state index in [-0.39, 0.29) is 5.75 Å². The molecule has 0 saturated heterocycles. The van der Waals surface area contributed by atoms with E-state index < -0.39 is 10.0 Å². The Bertz CT molecular complexity index is 887. The summed E-state index contributed by atoms with van der Waals surface area (Å²) in [5.41, 5.74) is 2.51. The summed E-state index contributed by atoms with van der Waals surface area (Å²) in [5.74, 6) is 0.531. The second-order valence-electron chi connectivity index (χ2n) is 5.03. The quantitative estimate of drug-likeness (QED) is 0.668. The number of benzene rings is 2. The van der Waals surface area contributed by atoms with Gasteiger partial charge in [-0.3, -0.25) is 4.72 Å². The molecule has 0 atom stereocenters. The van der Waals surface area contributed by atoms with E-state index in [1.807, 2.05) is 49.4 Å². The Morgan fingerprint density at radius 1 is 1.13 bits per heavy atom. The standard InChI is InChI=1S/C16H16N2O2S3/c1-12-6-2-3-7-13(12)18-23(19,20)11-10-21-16-17-14-8-4-5-9-15(14)22-16/h2-9,18H,10-11H2,1H3. The number of para-hydroxylation sites is 2. The molecule has 0 saturated carbocycles. The molecule has 0 unspecified atom stereocenters. The van der Waals surface area contributed by atoms with E-state index in [2.05, 4.69) is 9.71 Å². The van der Waals surface area contributed by atoms with Gasteiger partial charge in [0.15, 0.2) is 4.34 Å². The van der Waals surface area contributed by atoms with Crippen LogP contribution in [0.1, 0.15) is 5.56 Å². The van der Waals surface area contributed by atoms with Crippen LogP contribution in [0.4, 0.5) is 5.69 Å². The topological polar surface area (TPSA) is 59.1 Å². The van der Waals surface area contributed by atoms with Gasteiger partial charge in [-0.05, 0) is 30.7 Å². The smallest absolute Gasteiger partial charge is 0.233 e. The number of aryl methyl sites for hydroxylation is 1. The van der Waals surface area contributed by atoms with E-state index in [0.29, 0.717) is 11.4 Å². The second-order valence-corrected chi connectivity index (χ2v) is 9.25. The molecule has 1 heterocycles. The molecule has 0 spiro atoms. The Labute approximate surface area is 144 Å². The van der Waals surface area contributed by atoms with Crippen molar-refractivity contribution < 1.29 is 8.42 Å². The molecule has 0 bridgehead atoms. The summed E-state index contributed by atoms with van der Waals surface area (Å²) in [6.07, 6.45) is 0. The van der Waals surface area contributed by atoms with Gasteiger partial charge in [0.2, 0.25) is 10.0 Å². The summed E-state index contributed by atoms with van der Waals surface area (Å²) in [5, 5.41) is 0. The first kappa shape index (κ1) is 16.3. The van der Waals surface area contributed by atoms with Crippen LogP contribution in [-0.2, 0) is 10.0 Å². The van der Waals surface area contributed by atoms with Crippen molar-refractivity contribution in [2.24, 2.45) is 0 Å². The third kappa shape index (κ3) is 4.25. The van der Waals surface area contributed by atoms with Gasteiger partial charge in [-0.25, -0.2) is 13.4 Å². The number of rotatable bonds is 6. The molecule has 23 heavy (non-hydrogen) atoms. The molecular formula is C16H16N2O2S3. The van der Waals surface area contributed by atoms with Crippen LogP contribution in [0.15, 0.2) is 52.9 Å². The Kier molecular flexibility index (Phi) is 4.89.